The zero-order chi connectivity index (χ0) is 18.9. The molecule has 1 fully saturated rings. The number of likely N-dealkylation sites (tertiary alicyclic amines) is 1. The molecule has 1 aromatic carbocycles. The van der Waals surface area contributed by atoms with Crippen LogP contribution < -0.4 is 9.47 Å². The number of hydrogen-bond donors (Lipinski definition) is 0. The summed E-state index contributed by atoms with van der Waals surface area (Å²) in [5.74, 6) is -0.692. The van der Waals surface area contributed by atoms with Crippen molar-refractivity contribution in [2.75, 3.05) is 20.8 Å². The molecule has 0 saturated carbocycles. The summed E-state index contributed by atoms with van der Waals surface area (Å²) < 4.78 is 48.8. The molecule has 0 unspecified atom stereocenters. The minimum atomic E-state index is -4.87. The third-order valence-electron chi connectivity index (χ3n) is 4.25. The number of halogens is 3. The summed E-state index contributed by atoms with van der Waals surface area (Å²) in [5.41, 5.74) is 1.25. The first-order valence-electron chi connectivity index (χ1n) is 7.90. The Kier molecular flexibility index (Phi) is 5.08. The summed E-state index contributed by atoms with van der Waals surface area (Å²) in [4.78, 5) is 17.0. The van der Waals surface area contributed by atoms with Gasteiger partial charge in [-0.25, -0.2) is 4.98 Å². The number of amides is 1. The molecule has 26 heavy (non-hydrogen) atoms. The van der Waals surface area contributed by atoms with Crippen LogP contribution in [0.25, 0.3) is 10.6 Å². The van der Waals surface area contributed by atoms with E-state index in [1.165, 1.54) is 25.6 Å². The number of alkyl halides is 3. The molecule has 1 saturated heterocycles. The van der Waals surface area contributed by atoms with E-state index in [4.69, 9.17) is 9.47 Å². The molecule has 3 rings (SSSR count). The summed E-state index contributed by atoms with van der Waals surface area (Å²) in [5, 5.41) is 2.35. The van der Waals surface area contributed by atoms with E-state index >= 15 is 0 Å². The van der Waals surface area contributed by atoms with Gasteiger partial charge in [-0.1, -0.05) is 0 Å². The summed E-state index contributed by atoms with van der Waals surface area (Å²) >= 11 is 1.32. The topological polar surface area (TPSA) is 51.7 Å². The number of benzene rings is 1. The van der Waals surface area contributed by atoms with E-state index < -0.39 is 18.1 Å². The molecule has 5 nitrogen and oxygen atoms in total. The van der Waals surface area contributed by atoms with Crippen LogP contribution in [0, 0.1) is 0 Å². The molecule has 1 aromatic heterocycles. The van der Waals surface area contributed by atoms with Crippen molar-refractivity contribution in [1.29, 1.82) is 0 Å². The van der Waals surface area contributed by atoms with E-state index in [0.29, 0.717) is 35.0 Å². The predicted molar refractivity (Wildman–Crippen MR) is 90.4 cm³/mol. The Bertz CT molecular complexity index is 807. The third kappa shape index (κ3) is 3.48. The molecule has 1 aliphatic rings. The number of rotatable bonds is 4. The van der Waals surface area contributed by atoms with Gasteiger partial charge in [-0.05, 0) is 31.0 Å². The molecular weight excluding hydrogens is 369 g/mol. The minimum absolute atomic E-state index is 0.0895. The highest BCUT2D eigenvalue weighted by atomic mass is 32.1. The average Bonchev–Trinajstić information content (AvgIpc) is 3.28. The molecule has 0 spiro atoms. The second-order valence-corrected chi connectivity index (χ2v) is 6.66. The Hall–Kier alpha value is -2.29. The predicted octanol–water partition coefficient (Wildman–Crippen LogP) is 4.05. The van der Waals surface area contributed by atoms with E-state index in [9.17, 15) is 18.0 Å². The highest BCUT2D eigenvalue weighted by Gasteiger charge is 2.46. The largest absolute Gasteiger partial charge is 0.493 e. The van der Waals surface area contributed by atoms with E-state index in [-0.39, 0.29) is 6.54 Å². The molecule has 0 N–H and O–H groups in total. The molecule has 1 amide bonds. The van der Waals surface area contributed by atoms with Crippen molar-refractivity contribution < 1.29 is 27.4 Å². The lowest BCUT2D eigenvalue weighted by molar-refractivity contribution is -0.186. The molecule has 0 radical (unpaired) electrons. The SMILES string of the molecule is COc1ccc(-c2nc([C@H]3CCCN3C(=O)C(F)(F)F)cs2)cc1OC. The number of hydrogen-bond acceptors (Lipinski definition) is 5. The second-order valence-electron chi connectivity index (χ2n) is 5.80. The second kappa shape index (κ2) is 7.14. The Morgan fingerprint density at radius 3 is 2.65 bits per heavy atom. The Balaban J connectivity index is 1.87. The van der Waals surface area contributed by atoms with Gasteiger partial charge >= 0.3 is 12.1 Å². The van der Waals surface area contributed by atoms with Crippen molar-refractivity contribution in [3.05, 3.63) is 29.3 Å². The standard InChI is InChI=1S/C17H17F3N2O3S/c1-24-13-6-5-10(8-14(13)25-2)15-21-11(9-26-15)12-4-3-7-22(12)16(23)17(18,19)20/h5-6,8-9,12H,3-4,7H2,1-2H3/t12-/m1/s1. The first-order chi connectivity index (χ1) is 12.3. The Morgan fingerprint density at radius 2 is 2.00 bits per heavy atom. The van der Waals surface area contributed by atoms with Gasteiger partial charge in [0.05, 0.1) is 26.0 Å². The normalized spacial score (nSPS) is 17.4. The summed E-state index contributed by atoms with van der Waals surface area (Å²) in [6, 6.07) is 4.66. The molecule has 2 aromatic rings. The van der Waals surface area contributed by atoms with Gasteiger partial charge in [-0.3, -0.25) is 4.79 Å². The van der Waals surface area contributed by atoms with Crippen LogP contribution in [0.2, 0.25) is 0 Å². The first-order valence-corrected chi connectivity index (χ1v) is 8.78. The average molecular weight is 386 g/mol. The van der Waals surface area contributed by atoms with Crippen molar-refractivity contribution >= 4 is 17.2 Å². The van der Waals surface area contributed by atoms with Crippen molar-refractivity contribution in [1.82, 2.24) is 9.88 Å². The van der Waals surface area contributed by atoms with Crippen LogP contribution in [0.1, 0.15) is 24.6 Å². The van der Waals surface area contributed by atoms with E-state index in [2.05, 4.69) is 4.98 Å². The van der Waals surface area contributed by atoms with Gasteiger partial charge in [0.1, 0.15) is 5.01 Å². The molecule has 0 bridgehead atoms. The van der Waals surface area contributed by atoms with Crippen LogP contribution in [-0.2, 0) is 4.79 Å². The van der Waals surface area contributed by atoms with Crippen molar-refractivity contribution in [2.45, 2.75) is 25.1 Å². The quantitative estimate of drug-likeness (QED) is 0.795. The van der Waals surface area contributed by atoms with E-state index in [1.807, 2.05) is 0 Å². The number of ether oxygens (including phenoxy) is 2. The Labute approximate surface area is 152 Å². The fourth-order valence-corrected chi connectivity index (χ4v) is 3.88. The van der Waals surface area contributed by atoms with E-state index in [0.717, 1.165) is 10.5 Å². The number of thiazole rings is 1. The van der Waals surface area contributed by atoms with Gasteiger partial charge in [-0.2, -0.15) is 13.2 Å². The maximum Gasteiger partial charge on any atom is 0.471 e. The smallest absolute Gasteiger partial charge is 0.471 e. The third-order valence-corrected chi connectivity index (χ3v) is 5.16. The lowest BCUT2D eigenvalue weighted by Crippen LogP contribution is -2.40. The van der Waals surface area contributed by atoms with Gasteiger partial charge in [0, 0.05) is 17.5 Å². The van der Waals surface area contributed by atoms with Crippen LogP contribution in [-0.4, -0.2) is 42.7 Å². The van der Waals surface area contributed by atoms with Gasteiger partial charge in [0.25, 0.3) is 0 Å². The molecule has 9 heteroatoms. The maximum absolute atomic E-state index is 12.8. The number of aromatic nitrogens is 1. The zero-order valence-electron chi connectivity index (χ0n) is 14.2. The van der Waals surface area contributed by atoms with Crippen molar-refractivity contribution in [3.8, 4) is 22.1 Å². The molecule has 2 heterocycles. The fraction of sp³-hybridized carbons (Fsp3) is 0.412. The summed E-state index contributed by atoms with van der Waals surface area (Å²) in [6.07, 6.45) is -3.88. The van der Waals surface area contributed by atoms with Crippen molar-refractivity contribution in [2.24, 2.45) is 0 Å². The maximum atomic E-state index is 12.8. The first kappa shape index (κ1) is 18.5. The van der Waals surface area contributed by atoms with Crippen molar-refractivity contribution in [3.63, 3.8) is 0 Å². The van der Waals surface area contributed by atoms with Gasteiger partial charge in [0.15, 0.2) is 11.5 Å². The summed E-state index contributed by atoms with van der Waals surface area (Å²) in [6.45, 7) is 0.0895. The lowest BCUT2D eigenvalue weighted by atomic mass is 10.1. The minimum Gasteiger partial charge on any atom is -0.493 e. The van der Waals surface area contributed by atoms with Crippen LogP contribution in [0.3, 0.4) is 0 Å². The molecule has 0 aliphatic carbocycles. The highest BCUT2D eigenvalue weighted by molar-refractivity contribution is 7.13. The number of carbonyl (C=O) groups excluding carboxylic acids is 1. The highest BCUT2D eigenvalue weighted by Crippen LogP contribution is 2.38. The fourth-order valence-electron chi connectivity index (χ4n) is 3.02. The molecular formula is C17H17F3N2O3S. The van der Waals surface area contributed by atoms with Crippen LogP contribution >= 0.6 is 11.3 Å². The van der Waals surface area contributed by atoms with E-state index in [1.54, 1.807) is 23.6 Å². The number of nitrogens with zero attached hydrogens (tertiary/aromatic N) is 2. The van der Waals surface area contributed by atoms with Gasteiger partial charge < -0.3 is 14.4 Å². The number of carbonyl (C=O) groups is 1. The zero-order valence-corrected chi connectivity index (χ0v) is 15.0. The molecule has 140 valence electrons. The van der Waals surface area contributed by atoms with Crippen LogP contribution in [0.5, 0.6) is 11.5 Å². The number of methoxy groups -OCH3 is 2. The lowest BCUT2D eigenvalue weighted by Gasteiger charge is -2.24. The molecule has 1 atom stereocenters. The monoisotopic (exact) mass is 386 g/mol. The van der Waals surface area contributed by atoms with Gasteiger partial charge in [-0.15, -0.1) is 11.3 Å². The Morgan fingerprint density at radius 1 is 1.27 bits per heavy atom. The van der Waals surface area contributed by atoms with Crippen LogP contribution in [0.15, 0.2) is 23.6 Å². The van der Waals surface area contributed by atoms with Gasteiger partial charge in [0.2, 0.25) is 0 Å². The van der Waals surface area contributed by atoms with Crippen LogP contribution in [0.4, 0.5) is 13.2 Å². The molecule has 1 aliphatic heterocycles. The summed E-state index contributed by atoms with van der Waals surface area (Å²) in [7, 11) is 3.05.